The van der Waals surface area contributed by atoms with Crippen LogP contribution in [0, 0.1) is 5.41 Å². The molecule has 0 aliphatic heterocycles. The van der Waals surface area contributed by atoms with Gasteiger partial charge in [0.15, 0.2) is 0 Å². The van der Waals surface area contributed by atoms with Crippen molar-refractivity contribution in [3.05, 3.63) is 0 Å². The van der Waals surface area contributed by atoms with Gasteiger partial charge < -0.3 is 10.6 Å². The summed E-state index contributed by atoms with van der Waals surface area (Å²) < 4.78 is 0. The lowest BCUT2D eigenvalue weighted by Gasteiger charge is -2.14. The third-order valence-electron chi connectivity index (χ3n) is 4.00. The Kier molecular flexibility index (Phi) is 16.1. The van der Waals surface area contributed by atoms with Crippen LogP contribution >= 0.6 is 0 Å². The molecule has 0 aromatic carbocycles. The smallest absolute Gasteiger partial charge is 0.335 e. The Hall–Kier alpha value is -1.59. The number of carbonyl (C=O) groups is 1. The lowest BCUT2D eigenvalue weighted by atomic mass is 10.1. The van der Waals surface area contributed by atoms with Crippen LogP contribution in [0.2, 0.25) is 0 Å². The standard InChI is InChI=1S/C19H38N4O2/c1-3-5-7-9-10-11-12-13-15-17-22-23(19(20)21)25-18(24)16-14-8-6-4-2/h17H,3-16H2,1-2H3,(H3,20,21)/b22-17+. The summed E-state index contributed by atoms with van der Waals surface area (Å²) in [6, 6.07) is 0. The fourth-order valence-corrected chi connectivity index (χ4v) is 2.47. The highest BCUT2D eigenvalue weighted by molar-refractivity contribution is 5.77. The summed E-state index contributed by atoms with van der Waals surface area (Å²) in [6.07, 6.45) is 16.9. The number of hydrazone groups is 1. The van der Waals surface area contributed by atoms with Gasteiger partial charge >= 0.3 is 5.97 Å². The van der Waals surface area contributed by atoms with Crippen LogP contribution in [-0.4, -0.2) is 23.3 Å². The zero-order valence-corrected chi connectivity index (χ0v) is 16.3. The summed E-state index contributed by atoms with van der Waals surface area (Å²) in [4.78, 5) is 16.7. The number of nitrogens with zero attached hydrogens (tertiary/aromatic N) is 2. The molecule has 0 bridgehead atoms. The van der Waals surface area contributed by atoms with Crippen molar-refractivity contribution < 1.29 is 9.63 Å². The number of guanidine groups is 1. The number of nitrogens with two attached hydrogens (primary N) is 1. The zero-order chi connectivity index (χ0) is 18.8. The largest absolute Gasteiger partial charge is 0.366 e. The van der Waals surface area contributed by atoms with Crippen molar-refractivity contribution in [2.75, 3.05) is 0 Å². The lowest BCUT2D eigenvalue weighted by Crippen LogP contribution is -2.34. The molecule has 0 rings (SSSR count). The molecule has 146 valence electrons. The van der Waals surface area contributed by atoms with Crippen LogP contribution in [-0.2, 0) is 9.63 Å². The highest BCUT2D eigenvalue weighted by Crippen LogP contribution is 2.09. The number of unbranched alkanes of at least 4 members (excludes halogenated alkanes) is 11. The Bertz CT molecular complexity index is 372. The molecule has 25 heavy (non-hydrogen) atoms. The number of rotatable bonds is 15. The number of hydrogen-bond donors (Lipinski definition) is 2. The number of nitrogens with one attached hydrogen (secondary N) is 1. The molecule has 0 spiro atoms. The zero-order valence-electron chi connectivity index (χ0n) is 16.3. The topological polar surface area (TPSA) is 91.8 Å². The molecule has 0 heterocycles. The summed E-state index contributed by atoms with van der Waals surface area (Å²) in [5, 5.41) is 12.2. The van der Waals surface area contributed by atoms with E-state index in [1.165, 1.54) is 44.9 Å². The first-order valence-electron chi connectivity index (χ1n) is 9.99. The molecule has 0 unspecified atom stereocenters. The lowest BCUT2D eigenvalue weighted by molar-refractivity contribution is -0.173. The Labute approximate surface area is 153 Å². The predicted molar refractivity (Wildman–Crippen MR) is 104 cm³/mol. The maximum absolute atomic E-state index is 11.7. The van der Waals surface area contributed by atoms with Gasteiger partial charge in [0.1, 0.15) is 0 Å². The van der Waals surface area contributed by atoms with E-state index in [1.807, 2.05) is 0 Å². The van der Waals surface area contributed by atoms with Crippen molar-refractivity contribution in [2.24, 2.45) is 10.8 Å². The average molecular weight is 355 g/mol. The van der Waals surface area contributed by atoms with Crippen LogP contribution in [0.4, 0.5) is 0 Å². The Morgan fingerprint density at radius 1 is 0.960 bits per heavy atom. The molecule has 0 aromatic rings. The van der Waals surface area contributed by atoms with Gasteiger partial charge in [-0.3, -0.25) is 5.41 Å². The van der Waals surface area contributed by atoms with Crippen molar-refractivity contribution in [1.29, 1.82) is 5.41 Å². The van der Waals surface area contributed by atoms with E-state index in [0.717, 1.165) is 43.7 Å². The monoisotopic (exact) mass is 354 g/mol. The fraction of sp³-hybridized carbons (Fsp3) is 0.842. The van der Waals surface area contributed by atoms with Gasteiger partial charge in [-0.05, 0) is 19.3 Å². The second-order valence-electron chi connectivity index (χ2n) is 6.49. The minimum atomic E-state index is -0.393. The van der Waals surface area contributed by atoms with Crippen molar-refractivity contribution >= 4 is 18.1 Å². The maximum atomic E-state index is 11.7. The maximum Gasteiger partial charge on any atom is 0.335 e. The van der Waals surface area contributed by atoms with E-state index in [2.05, 4.69) is 18.9 Å². The van der Waals surface area contributed by atoms with Crippen LogP contribution in [0.25, 0.3) is 0 Å². The summed E-state index contributed by atoms with van der Waals surface area (Å²) in [6.45, 7) is 4.35. The minimum absolute atomic E-state index is 0.331. The van der Waals surface area contributed by atoms with Gasteiger partial charge in [0.2, 0.25) is 5.96 Å². The molecule has 0 amide bonds. The summed E-state index contributed by atoms with van der Waals surface area (Å²) in [5.41, 5.74) is 5.40. The molecule has 0 aromatic heterocycles. The van der Waals surface area contributed by atoms with E-state index in [0.29, 0.717) is 6.42 Å². The van der Waals surface area contributed by atoms with Gasteiger partial charge in [-0.1, -0.05) is 83.2 Å². The molecule has 0 saturated carbocycles. The number of hydrogen-bond acceptors (Lipinski definition) is 4. The Balaban J connectivity index is 3.81. The SMILES string of the molecule is CCCCCCCCCC/C=N/N(OC(=O)CCCCCC)C(=N)N. The second kappa shape index (κ2) is 17.2. The van der Waals surface area contributed by atoms with E-state index in [1.54, 1.807) is 6.21 Å². The van der Waals surface area contributed by atoms with E-state index in [4.69, 9.17) is 16.0 Å². The highest BCUT2D eigenvalue weighted by Gasteiger charge is 2.11. The van der Waals surface area contributed by atoms with Crippen LogP contribution in [0.1, 0.15) is 104 Å². The van der Waals surface area contributed by atoms with Crippen LogP contribution in [0.15, 0.2) is 5.10 Å². The molecular formula is C19H38N4O2. The Morgan fingerprint density at radius 3 is 2.04 bits per heavy atom. The van der Waals surface area contributed by atoms with Gasteiger partial charge in [-0.25, -0.2) is 4.79 Å². The van der Waals surface area contributed by atoms with Crippen molar-refractivity contribution in [1.82, 2.24) is 5.17 Å². The van der Waals surface area contributed by atoms with E-state index >= 15 is 0 Å². The normalized spacial score (nSPS) is 11.0. The van der Waals surface area contributed by atoms with E-state index in [-0.39, 0.29) is 5.96 Å². The third kappa shape index (κ3) is 15.7. The first-order valence-corrected chi connectivity index (χ1v) is 9.99. The van der Waals surface area contributed by atoms with Crippen molar-refractivity contribution in [3.63, 3.8) is 0 Å². The predicted octanol–water partition coefficient (Wildman–Crippen LogP) is 5.13. The molecule has 0 radical (unpaired) electrons. The summed E-state index contributed by atoms with van der Waals surface area (Å²) >= 11 is 0. The van der Waals surface area contributed by atoms with Crippen molar-refractivity contribution in [2.45, 2.75) is 104 Å². The van der Waals surface area contributed by atoms with E-state index in [9.17, 15) is 4.79 Å². The first kappa shape index (κ1) is 23.4. The van der Waals surface area contributed by atoms with Gasteiger partial charge in [-0.15, -0.1) is 5.10 Å². The molecule has 6 heteroatoms. The first-order chi connectivity index (χ1) is 12.1. The molecule has 3 N–H and O–H groups in total. The van der Waals surface area contributed by atoms with Crippen LogP contribution in [0.5, 0.6) is 0 Å². The number of carbonyl (C=O) groups excluding carboxylic acids is 1. The minimum Gasteiger partial charge on any atom is -0.366 e. The molecule has 0 aliphatic rings. The van der Waals surface area contributed by atoms with E-state index < -0.39 is 5.97 Å². The van der Waals surface area contributed by atoms with Gasteiger partial charge in [-0.2, -0.15) is 0 Å². The quantitative estimate of drug-likeness (QED) is 0.185. The average Bonchev–Trinajstić information content (AvgIpc) is 2.59. The molecule has 6 nitrogen and oxygen atoms in total. The molecule has 0 fully saturated rings. The van der Waals surface area contributed by atoms with Crippen LogP contribution in [0.3, 0.4) is 0 Å². The molecule has 0 aliphatic carbocycles. The van der Waals surface area contributed by atoms with Crippen molar-refractivity contribution in [3.8, 4) is 0 Å². The fourth-order valence-electron chi connectivity index (χ4n) is 2.47. The third-order valence-corrected chi connectivity index (χ3v) is 4.00. The molecule has 0 atom stereocenters. The van der Waals surface area contributed by atoms with Gasteiger partial charge in [0.05, 0.1) is 0 Å². The van der Waals surface area contributed by atoms with Gasteiger partial charge in [0.25, 0.3) is 0 Å². The highest BCUT2D eigenvalue weighted by atomic mass is 16.7. The molecular weight excluding hydrogens is 316 g/mol. The summed E-state index contributed by atoms with van der Waals surface area (Å²) in [7, 11) is 0. The second-order valence-corrected chi connectivity index (χ2v) is 6.49. The Morgan fingerprint density at radius 2 is 1.48 bits per heavy atom. The van der Waals surface area contributed by atoms with Gasteiger partial charge in [0, 0.05) is 12.6 Å². The molecule has 0 saturated heterocycles. The number of hydroxylamine groups is 1. The summed E-state index contributed by atoms with van der Waals surface area (Å²) in [5.74, 6) is -0.774. The van der Waals surface area contributed by atoms with Crippen LogP contribution < -0.4 is 5.73 Å².